The number of nitrogens with zero attached hydrogens (tertiary/aromatic N) is 1. The van der Waals surface area contributed by atoms with Crippen LogP contribution in [-0.4, -0.2) is 47.9 Å². The van der Waals surface area contributed by atoms with Gasteiger partial charge in [0.2, 0.25) is 5.91 Å². The predicted octanol–water partition coefficient (Wildman–Crippen LogP) is 3.17. The summed E-state index contributed by atoms with van der Waals surface area (Å²) in [4.78, 5) is 26.7. The Balaban J connectivity index is 2.86. The normalized spacial score (nSPS) is 11.8. The average Bonchev–Trinajstić information content (AvgIpc) is 2.52. The minimum absolute atomic E-state index is 0.0144. The Morgan fingerprint density at radius 3 is 2.45 bits per heavy atom. The molecular formula is C16H23BrN2O2S. The molecule has 1 atom stereocenters. The lowest BCUT2D eigenvalue weighted by Gasteiger charge is -2.26. The first kappa shape index (κ1) is 19.0. The summed E-state index contributed by atoms with van der Waals surface area (Å²) in [5.74, 6) is 0.590. The number of benzene rings is 1. The molecule has 0 bridgehead atoms. The second-order valence-corrected chi connectivity index (χ2v) is 6.64. The average molecular weight is 387 g/mol. The highest BCUT2D eigenvalue weighted by Gasteiger charge is 2.25. The highest BCUT2D eigenvalue weighted by molar-refractivity contribution is 9.10. The van der Waals surface area contributed by atoms with Crippen LogP contribution in [0.4, 0.5) is 0 Å². The molecule has 0 aliphatic rings. The number of rotatable bonds is 8. The maximum Gasteiger partial charge on any atom is 0.253 e. The fraction of sp³-hybridized carbons (Fsp3) is 0.500. The van der Waals surface area contributed by atoms with Gasteiger partial charge in [0.1, 0.15) is 6.04 Å². The van der Waals surface area contributed by atoms with Gasteiger partial charge in [-0.1, -0.05) is 12.1 Å². The molecule has 4 nitrogen and oxygen atoms in total. The van der Waals surface area contributed by atoms with E-state index in [4.69, 9.17) is 0 Å². The van der Waals surface area contributed by atoms with E-state index in [1.807, 2.05) is 38.3 Å². The third kappa shape index (κ3) is 5.32. The number of halogens is 1. The van der Waals surface area contributed by atoms with Gasteiger partial charge in [-0.25, -0.2) is 0 Å². The van der Waals surface area contributed by atoms with E-state index in [1.54, 1.807) is 22.7 Å². The van der Waals surface area contributed by atoms with E-state index in [0.717, 1.165) is 10.2 Å². The molecule has 1 rings (SSSR count). The zero-order valence-corrected chi connectivity index (χ0v) is 15.7. The lowest BCUT2D eigenvalue weighted by molar-refractivity contribution is -0.132. The lowest BCUT2D eigenvalue weighted by Crippen LogP contribution is -2.48. The molecule has 22 heavy (non-hydrogen) atoms. The topological polar surface area (TPSA) is 49.4 Å². The largest absolute Gasteiger partial charge is 0.341 e. The summed E-state index contributed by atoms with van der Waals surface area (Å²) < 4.78 is 0.728. The van der Waals surface area contributed by atoms with Crippen LogP contribution < -0.4 is 5.32 Å². The molecule has 1 N–H and O–H groups in total. The van der Waals surface area contributed by atoms with Gasteiger partial charge < -0.3 is 10.2 Å². The molecule has 122 valence electrons. The van der Waals surface area contributed by atoms with E-state index in [-0.39, 0.29) is 11.8 Å². The first-order valence-electron chi connectivity index (χ1n) is 7.38. The van der Waals surface area contributed by atoms with Gasteiger partial charge in [-0.15, -0.1) is 0 Å². The van der Waals surface area contributed by atoms with Crippen molar-refractivity contribution in [1.29, 1.82) is 0 Å². The van der Waals surface area contributed by atoms with Crippen LogP contribution in [0.1, 0.15) is 30.6 Å². The standard InChI is InChI=1S/C16H23BrN2O2S/c1-4-19(5-2)16(21)14(10-11-22-3)18-15(20)12-8-6-7-9-13(12)17/h6-9,14H,4-5,10-11H2,1-3H3,(H,18,20)/t14-/m0/s1. The second kappa shape index (κ2) is 9.90. The van der Waals surface area contributed by atoms with Crippen LogP contribution in [0.3, 0.4) is 0 Å². The molecule has 0 heterocycles. The molecule has 1 aromatic carbocycles. The number of hydrogen-bond acceptors (Lipinski definition) is 3. The predicted molar refractivity (Wildman–Crippen MR) is 96.3 cm³/mol. The van der Waals surface area contributed by atoms with Crippen molar-refractivity contribution in [3.8, 4) is 0 Å². The summed E-state index contributed by atoms with van der Waals surface area (Å²) in [6.45, 7) is 5.19. The zero-order chi connectivity index (χ0) is 16.5. The molecule has 0 aliphatic heterocycles. The third-order valence-electron chi connectivity index (χ3n) is 3.41. The number of carbonyl (C=O) groups excluding carboxylic acids is 2. The van der Waals surface area contributed by atoms with Crippen molar-refractivity contribution in [2.75, 3.05) is 25.1 Å². The number of thioether (sulfide) groups is 1. The summed E-state index contributed by atoms with van der Waals surface area (Å²) in [7, 11) is 0. The molecular weight excluding hydrogens is 364 g/mol. The van der Waals surface area contributed by atoms with Crippen LogP contribution >= 0.6 is 27.7 Å². The molecule has 0 aromatic heterocycles. The Labute approximate surface area is 145 Å². The summed E-state index contributed by atoms with van der Waals surface area (Å²) in [5.41, 5.74) is 0.545. The van der Waals surface area contributed by atoms with Crippen LogP contribution in [0.5, 0.6) is 0 Å². The van der Waals surface area contributed by atoms with Crippen molar-refractivity contribution in [1.82, 2.24) is 10.2 Å². The Kier molecular flexibility index (Phi) is 8.56. The van der Waals surface area contributed by atoms with Gasteiger partial charge in [-0.05, 0) is 60.3 Å². The minimum Gasteiger partial charge on any atom is -0.341 e. The summed E-state index contributed by atoms with van der Waals surface area (Å²) >= 11 is 5.04. The van der Waals surface area contributed by atoms with Crippen molar-refractivity contribution < 1.29 is 9.59 Å². The highest BCUT2D eigenvalue weighted by atomic mass is 79.9. The van der Waals surface area contributed by atoms with Crippen LogP contribution in [0.15, 0.2) is 28.7 Å². The quantitative estimate of drug-likeness (QED) is 0.746. The zero-order valence-electron chi connectivity index (χ0n) is 13.3. The minimum atomic E-state index is -0.480. The van der Waals surface area contributed by atoms with Gasteiger partial charge in [0, 0.05) is 17.6 Å². The molecule has 0 saturated carbocycles. The van der Waals surface area contributed by atoms with Gasteiger partial charge in [-0.2, -0.15) is 11.8 Å². The third-order valence-corrected chi connectivity index (χ3v) is 4.74. The summed E-state index contributed by atoms with van der Waals surface area (Å²) in [6, 6.07) is 6.74. The van der Waals surface area contributed by atoms with E-state index in [9.17, 15) is 9.59 Å². The molecule has 0 unspecified atom stereocenters. The van der Waals surface area contributed by atoms with E-state index >= 15 is 0 Å². The fourth-order valence-electron chi connectivity index (χ4n) is 2.13. The molecule has 6 heteroatoms. The van der Waals surface area contributed by atoms with E-state index in [1.165, 1.54) is 0 Å². The van der Waals surface area contributed by atoms with Crippen molar-refractivity contribution in [3.05, 3.63) is 34.3 Å². The lowest BCUT2D eigenvalue weighted by atomic mass is 10.1. The van der Waals surface area contributed by atoms with Crippen molar-refractivity contribution in [3.63, 3.8) is 0 Å². The maximum atomic E-state index is 12.6. The Morgan fingerprint density at radius 2 is 1.91 bits per heavy atom. The molecule has 0 saturated heterocycles. The van der Waals surface area contributed by atoms with Gasteiger partial charge in [0.25, 0.3) is 5.91 Å². The number of amides is 2. The summed E-state index contributed by atoms with van der Waals surface area (Å²) in [6.07, 6.45) is 2.63. The van der Waals surface area contributed by atoms with Crippen LogP contribution in [-0.2, 0) is 4.79 Å². The molecule has 1 aromatic rings. The Morgan fingerprint density at radius 1 is 1.27 bits per heavy atom. The Hall–Kier alpha value is -1.01. The van der Waals surface area contributed by atoms with Crippen molar-refractivity contribution in [2.45, 2.75) is 26.3 Å². The van der Waals surface area contributed by atoms with Gasteiger partial charge in [-0.3, -0.25) is 9.59 Å². The number of hydrogen-bond donors (Lipinski definition) is 1. The van der Waals surface area contributed by atoms with E-state index in [2.05, 4.69) is 21.2 Å². The fourth-order valence-corrected chi connectivity index (χ4v) is 3.07. The highest BCUT2D eigenvalue weighted by Crippen LogP contribution is 2.16. The molecule has 0 spiro atoms. The van der Waals surface area contributed by atoms with Crippen molar-refractivity contribution >= 4 is 39.5 Å². The maximum absolute atomic E-state index is 12.6. The van der Waals surface area contributed by atoms with E-state index in [0.29, 0.717) is 25.1 Å². The van der Waals surface area contributed by atoms with Crippen LogP contribution in [0.2, 0.25) is 0 Å². The molecule has 0 fully saturated rings. The van der Waals surface area contributed by atoms with Crippen molar-refractivity contribution in [2.24, 2.45) is 0 Å². The second-order valence-electron chi connectivity index (χ2n) is 4.80. The number of carbonyl (C=O) groups is 2. The molecule has 0 radical (unpaired) electrons. The van der Waals surface area contributed by atoms with Gasteiger partial charge in [0.05, 0.1) is 5.56 Å². The molecule has 0 aliphatic carbocycles. The van der Waals surface area contributed by atoms with Gasteiger partial charge >= 0.3 is 0 Å². The molecule has 2 amide bonds. The number of likely N-dealkylation sites (N-methyl/N-ethyl adjacent to an activating group) is 1. The Bertz CT molecular complexity index is 507. The van der Waals surface area contributed by atoms with Crippen LogP contribution in [0, 0.1) is 0 Å². The first-order chi connectivity index (χ1) is 10.5. The first-order valence-corrected chi connectivity index (χ1v) is 9.56. The number of nitrogens with one attached hydrogen (secondary N) is 1. The summed E-state index contributed by atoms with van der Waals surface area (Å²) in [5, 5.41) is 2.88. The SMILES string of the molecule is CCN(CC)C(=O)[C@H](CCSC)NC(=O)c1ccccc1Br. The van der Waals surface area contributed by atoms with E-state index < -0.39 is 6.04 Å². The van der Waals surface area contributed by atoms with Crippen LogP contribution in [0.25, 0.3) is 0 Å². The van der Waals surface area contributed by atoms with Gasteiger partial charge in [0.15, 0.2) is 0 Å². The monoisotopic (exact) mass is 386 g/mol. The smallest absolute Gasteiger partial charge is 0.253 e.